The predicted molar refractivity (Wildman–Crippen MR) is 105 cm³/mol. The molecule has 0 radical (unpaired) electrons. The lowest BCUT2D eigenvalue weighted by molar-refractivity contribution is 0.0571. The van der Waals surface area contributed by atoms with Gasteiger partial charge in [-0.3, -0.25) is 4.79 Å². The van der Waals surface area contributed by atoms with Gasteiger partial charge in [0.1, 0.15) is 0 Å². The molecule has 0 aromatic heterocycles. The number of primary sulfonamides is 1. The quantitative estimate of drug-likeness (QED) is 0.801. The first-order valence-corrected chi connectivity index (χ1v) is 11.0. The normalized spacial score (nSPS) is 26.6. The van der Waals surface area contributed by atoms with Crippen LogP contribution in [-0.4, -0.2) is 43.0 Å². The molecule has 0 spiro atoms. The Kier molecular flexibility index (Phi) is 4.77. The average Bonchev–Trinajstić information content (AvgIpc) is 3.24. The Morgan fingerprint density at radius 3 is 2.39 bits per heavy atom. The molecule has 7 heteroatoms. The topological polar surface area (TPSA) is 101 Å². The van der Waals surface area contributed by atoms with Crippen LogP contribution < -0.4 is 5.14 Å². The van der Waals surface area contributed by atoms with Crippen LogP contribution in [0.15, 0.2) is 59.5 Å². The third kappa shape index (κ3) is 3.23. The van der Waals surface area contributed by atoms with Gasteiger partial charge in [-0.25, -0.2) is 13.6 Å². The Balaban J connectivity index is 1.60. The summed E-state index contributed by atoms with van der Waals surface area (Å²) in [5.41, 5.74) is 1.27. The summed E-state index contributed by atoms with van der Waals surface area (Å²) in [5, 5.41) is 15.4. The lowest BCUT2D eigenvalue weighted by atomic mass is 9.70. The zero-order valence-electron chi connectivity index (χ0n) is 15.5. The van der Waals surface area contributed by atoms with Gasteiger partial charge in [-0.2, -0.15) is 0 Å². The van der Waals surface area contributed by atoms with Crippen molar-refractivity contribution in [2.75, 3.05) is 6.61 Å². The van der Waals surface area contributed by atoms with E-state index < -0.39 is 10.0 Å². The maximum absolute atomic E-state index is 13.2. The molecule has 2 aliphatic heterocycles. The Morgan fingerprint density at radius 1 is 1.11 bits per heavy atom. The molecule has 2 fully saturated rings. The Labute approximate surface area is 165 Å². The van der Waals surface area contributed by atoms with Gasteiger partial charge in [-0.05, 0) is 55.5 Å². The van der Waals surface area contributed by atoms with E-state index in [1.807, 2.05) is 23.1 Å². The van der Waals surface area contributed by atoms with E-state index in [9.17, 15) is 18.3 Å². The van der Waals surface area contributed by atoms with Crippen LogP contribution in [0.1, 0.15) is 35.2 Å². The molecule has 0 unspecified atom stereocenters. The van der Waals surface area contributed by atoms with Crippen molar-refractivity contribution >= 4 is 15.9 Å². The number of carbonyl (C=O) groups is 1. The zero-order valence-corrected chi connectivity index (χ0v) is 16.3. The van der Waals surface area contributed by atoms with Crippen molar-refractivity contribution < 1.29 is 18.3 Å². The van der Waals surface area contributed by atoms with Crippen molar-refractivity contribution in [1.82, 2.24) is 4.90 Å². The highest BCUT2D eigenvalue weighted by Crippen LogP contribution is 2.51. The van der Waals surface area contributed by atoms with Crippen LogP contribution in [0.2, 0.25) is 0 Å². The number of aliphatic hydroxyl groups excluding tert-OH is 1. The van der Waals surface area contributed by atoms with Crippen molar-refractivity contribution in [2.24, 2.45) is 10.6 Å². The molecule has 1 amide bonds. The molecule has 2 bridgehead atoms. The number of nitrogens with zero attached hydrogens (tertiary/aromatic N) is 1. The summed E-state index contributed by atoms with van der Waals surface area (Å²) in [6.07, 6.45) is 3.32. The van der Waals surface area contributed by atoms with E-state index in [1.54, 1.807) is 0 Å². The van der Waals surface area contributed by atoms with E-state index in [0.717, 1.165) is 31.2 Å². The molecule has 6 nitrogen and oxygen atoms in total. The van der Waals surface area contributed by atoms with Gasteiger partial charge in [0, 0.05) is 23.1 Å². The number of rotatable bonds is 5. The van der Waals surface area contributed by atoms with Crippen LogP contribution in [0.5, 0.6) is 0 Å². The van der Waals surface area contributed by atoms with E-state index >= 15 is 0 Å². The highest BCUT2D eigenvalue weighted by atomic mass is 32.2. The number of hydrogen-bond acceptors (Lipinski definition) is 4. The van der Waals surface area contributed by atoms with Gasteiger partial charge in [0.25, 0.3) is 5.91 Å². The van der Waals surface area contributed by atoms with Crippen LogP contribution in [0, 0.1) is 5.41 Å². The van der Waals surface area contributed by atoms with E-state index in [-0.39, 0.29) is 34.9 Å². The van der Waals surface area contributed by atoms with Crippen molar-refractivity contribution in [2.45, 2.75) is 42.7 Å². The maximum atomic E-state index is 13.2. The molecule has 2 aromatic carbocycles. The van der Waals surface area contributed by atoms with Crippen LogP contribution in [0.4, 0.5) is 0 Å². The molecule has 2 heterocycles. The second kappa shape index (κ2) is 6.99. The van der Waals surface area contributed by atoms with Gasteiger partial charge >= 0.3 is 0 Å². The van der Waals surface area contributed by atoms with E-state index in [0.29, 0.717) is 5.56 Å². The lowest BCUT2D eigenvalue weighted by Gasteiger charge is -2.36. The fourth-order valence-electron chi connectivity index (χ4n) is 4.95. The van der Waals surface area contributed by atoms with Gasteiger partial charge in [-0.15, -0.1) is 0 Å². The predicted octanol–water partition coefficient (Wildman–Crippen LogP) is 1.93. The first kappa shape index (κ1) is 19.1. The highest BCUT2D eigenvalue weighted by Gasteiger charge is 2.57. The molecule has 2 aromatic rings. The van der Waals surface area contributed by atoms with Crippen LogP contribution in [-0.2, 0) is 16.4 Å². The van der Waals surface area contributed by atoms with Crippen molar-refractivity contribution in [3.8, 4) is 0 Å². The van der Waals surface area contributed by atoms with Gasteiger partial charge in [-0.1, -0.05) is 30.3 Å². The Hall–Kier alpha value is -2.22. The lowest BCUT2D eigenvalue weighted by Crippen LogP contribution is -2.43. The van der Waals surface area contributed by atoms with E-state index in [2.05, 4.69) is 12.1 Å². The number of fused-ring (bicyclic) bond motifs is 2. The molecule has 0 saturated carbocycles. The van der Waals surface area contributed by atoms with E-state index in [1.165, 1.54) is 24.3 Å². The molecule has 148 valence electrons. The SMILES string of the molecule is NS(=O)(=O)c1ccc(C(=O)N2[C@@H]3CC[C@H]2[C@](CO)(Cc2ccccc2)C3)cc1. The fraction of sp³-hybridized carbons (Fsp3) is 0.381. The second-order valence-corrected chi connectivity index (χ2v) is 9.48. The fourth-order valence-corrected chi connectivity index (χ4v) is 5.47. The van der Waals surface area contributed by atoms with Gasteiger partial charge in [0.15, 0.2) is 0 Å². The van der Waals surface area contributed by atoms with Crippen molar-refractivity contribution in [3.63, 3.8) is 0 Å². The third-order valence-electron chi connectivity index (χ3n) is 6.23. The summed E-state index contributed by atoms with van der Waals surface area (Å²) < 4.78 is 22.9. The molecular weight excluding hydrogens is 376 g/mol. The standard InChI is InChI=1S/C21H24N2O4S/c22-28(26,27)18-9-6-16(7-10-18)20(25)23-17-8-11-19(23)21(13-17,14-24)12-15-4-2-1-3-5-15/h1-7,9-10,17,19,24H,8,11-14H2,(H2,22,26,27)/t17-,19+,21-/m1/s1. The molecular formula is C21H24N2O4S. The Bertz CT molecular complexity index is 975. The first-order chi connectivity index (χ1) is 13.3. The molecule has 3 atom stereocenters. The average molecular weight is 401 g/mol. The summed E-state index contributed by atoms with van der Waals surface area (Å²) in [5.74, 6) is -0.114. The van der Waals surface area contributed by atoms with E-state index in [4.69, 9.17) is 5.14 Å². The zero-order chi connectivity index (χ0) is 19.9. The van der Waals surface area contributed by atoms with Gasteiger partial charge < -0.3 is 10.0 Å². The second-order valence-electron chi connectivity index (χ2n) is 7.92. The van der Waals surface area contributed by atoms with Crippen molar-refractivity contribution in [3.05, 3.63) is 65.7 Å². The minimum absolute atomic E-state index is 0.0118. The summed E-state index contributed by atoms with van der Waals surface area (Å²) in [6.45, 7) is 0.0389. The smallest absolute Gasteiger partial charge is 0.254 e. The Morgan fingerprint density at radius 2 is 1.79 bits per heavy atom. The van der Waals surface area contributed by atoms with Gasteiger partial charge in [0.05, 0.1) is 11.5 Å². The largest absolute Gasteiger partial charge is 0.396 e. The number of sulfonamides is 1. The monoisotopic (exact) mass is 400 g/mol. The molecule has 2 saturated heterocycles. The van der Waals surface area contributed by atoms with Crippen molar-refractivity contribution in [1.29, 1.82) is 0 Å². The summed E-state index contributed by atoms with van der Waals surface area (Å²) in [4.78, 5) is 15.1. The van der Waals surface area contributed by atoms with Crippen LogP contribution in [0.25, 0.3) is 0 Å². The number of nitrogens with two attached hydrogens (primary N) is 1. The maximum Gasteiger partial charge on any atom is 0.254 e. The third-order valence-corrected chi connectivity index (χ3v) is 7.16. The molecule has 2 aliphatic rings. The first-order valence-electron chi connectivity index (χ1n) is 9.44. The number of amides is 1. The summed E-state index contributed by atoms with van der Waals surface area (Å²) >= 11 is 0. The minimum Gasteiger partial charge on any atom is -0.396 e. The molecule has 0 aliphatic carbocycles. The number of aliphatic hydroxyl groups is 1. The van der Waals surface area contributed by atoms with Gasteiger partial charge in [0.2, 0.25) is 10.0 Å². The highest BCUT2D eigenvalue weighted by molar-refractivity contribution is 7.89. The number of hydrogen-bond donors (Lipinski definition) is 2. The molecule has 28 heavy (non-hydrogen) atoms. The summed E-state index contributed by atoms with van der Waals surface area (Å²) in [6, 6.07) is 15.9. The minimum atomic E-state index is -3.79. The number of benzene rings is 2. The van der Waals surface area contributed by atoms with Crippen LogP contribution >= 0.6 is 0 Å². The number of carbonyl (C=O) groups excluding carboxylic acids is 1. The molecule has 4 rings (SSSR count). The molecule has 3 N–H and O–H groups in total. The summed E-state index contributed by atoms with van der Waals surface area (Å²) in [7, 11) is -3.79. The van der Waals surface area contributed by atoms with Crippen LogP contribution in [0.3, 0.4) is 0 Å².